The Morgan fingerprint density at radius 1 is 1.22 bits per heavy atom. The van der Waals surface area contributed by atoms with E-state index in [9.17, 15) is 9.90 Å². The largest absolute Gasteiger partial charge is 0.485 e. The summed E-state index contributed by atoms with van der Waals surface area (Å²) in [5.74, 6) is 0.645. The van der Waals surface area contributed by atoms with Gasteiger partial charge in [0.25, 0.3) is 0 Å². The first-order valence-corrected chi connectivity index (χ1v) is 7.49. The van der Waals surface area contributed by atoms with Crippen molar-refractivity contribution in [1.82, 2.24) is 0 Å². The van der Waals surface area contributed by atoms with Gasteiger partial charge >= 0.3 is 0 Å². The molecule has 0 bridgehead atoms. The molecule has 5 heteroatoms. The maximum atomic E-state index is 10.7. The zero-order valence-corrected chi connectivity index (χ0v) is 12.9. The third-order valence-corrected chi connectivity index (χ3v) is 4.27. The van der Waals surface area contributed by atoms with Crippen LogP contribution >= 0.6 is 31.9 Å². The summed E-state index contributed by atoms with van der Waals surface area (Å²) in [5, 5.41) is 9.90. The van der Waals surface area contributed by atoms with Gasteiger partial charge in [0.2, 0.25) is 0 Å². The van der Waals surface area contributed by atoms with Gasteiger partial charge in [0.1, 0.15) is 18.1 Å². The molecular weight excluding hydrogens is 364 g/mol. The van der Waals surface area contributed by atoms with E-state index < -0.39 is 6.10 Å². The normalized spacial score (nSPS) is 23.7. The Labute approximate surface area is 123 Å². The summed E-state index contributed by atoms with van der Waals surface area (Å²) in [5.41, 5.74) is 0.574. The molecule has 3 nitrogen and oxygen atoms in total. The third-order valence-electron chi connectivity index (χ3n) is 3.09. The quantitative estimate of drug-likeness (QED) is 0.816. The van der Waals surface area contributed by atoms with Gasteiger partial charge in [-0.1, -0.05) is 6.42 Å². The highest BCUT2D eigenvalue weighted by atomic mass is 79.9. The molecule has 0 aromatic heterocycles. The predicted octanol–water partition coefficient (Wildman–Crippen LogP) is 3.71. The first kappa shape index (κ1) is 14.0. The van der Waals surface area contributed by atoms with Gasteiger partial charge in [0.15, 0.2) is 0 Å². The van der Waals surface area contributed by atoms with Crippen molar-refractivity contribution in [1.29, 1.82) is 0 Å². The molecule has 1 N–H and O–H groups in total. The SMILES string of the molecule is O=Cc1cc(Br)c(OC2CCCCC2O)c(Br)c1. The molecule has 0 amide bonds. The Bertz CT molecular complexity index is 425. The lowest BCUT2D eigenvalue weighted by atomic mass is 9.95. The van der Waals surface area contributed by atoms with Gasteiger partial charge in [-0.25, -0.2) is 0 Å². The fourth-order valence-corrected chi connectivity index (χ4v) is 3.54. The summed E-state index contributed by atoms with van der Waals surface area (Å²) >= 11 is 6.78. The van der Waals surface area contributed by atoms with E-state index >= 15 is 0 Å². The van der Waals surface area contributed by atoms with Crippen molar-refractivity contribution >= 4 is 38.1 Å². The number of hydrogen-bond acceptors (Lipinski definition) is 3. The summed E-state index contributed by atoms with van der Waals surface area (Å²) in [7, 11) is 0. The molecule has 0 radical (unpaired) electrons. The van der Waals surface area contributed by atoms with E-state index in [1.54, 1.807) is 12.1 Å². The molecule has 1 fully saturated rings. The standard InChI is InChI=1S/C13H14Br2O3/c14-9-5-8(7-16)6-10(15)13(9)18-12-4-2-1-3-11(12)17/h5-7,11-12,17H,1-4H2. The van der Waals surface area contributed by atoms with Crippen molar-refractivity contribution in [2.45, 2.75) is 37.9 Å². The van der Waals surface area contributed by atoms with Crippen LogP contribution in [0.4, 0.5) is 0 Å². The lowest BCUT2D eigenvalue weighted by molar-refractivity contribution is 0.00609. The highest BCUT2D eigenvalue weighted by Crippen LogP contribution is 2.36. The highest BCUT2D eigenvalue weighted by Gasteiger charge is 2.26. The Balaban J connectivity index is 2.20. The number of benzene rings is 1. The Hall–Kier alpha value is -0.390. The van der Waals surface area contributed by atoms with Crippen LogP contribution in [0.5, 0.6) is 5.75 Å². The van der Waals surface area contributed by atoms with Crippen LogP contribution in [0.1, 0.15) is 36.0 Å². The molecule has 0 heterocycles. The molecule has 0 aliphatic heterocycles. The van der Waals surface area contributed by atoms with Gasteiger partial charge in [-0.15, -0.1) is 0 Å². The second-order valence-electron chi connectivity index (χ2n) is 4.44. The van der Waals surface area contributed by atoms with Crippen molar-refractivity contribution < 1.29 is 14.6 Å². The molecule has 2 unspecified atom stereocenters. The predicted molar refractivity (Wildman–Crippen MR) is 76.1 cm³/mol. The van der Waals surface area contributed by atoms with E-state index in [1.807, 2.05) is 0 Å². The van der Waals surface area contributed by atoms with E-state index in [2.05, 4.69) is 31.9 Å². The number of carbonyl (C=O) groups is 1. The number of ether oxygens (including phenoxy) is 1. The number of aliphatic hydroxyl groups is 1. The molecule has 1 aromatic rings. The molecule has 98 valence electrons. The number of rotatable bonds is 3. The van der Waals surface area contributed by atoms with Crippen LogP contribution in [0, 0.1) is 0 Å². The average Bonchev–Trinajstić information content (AvgIpc) is 2.35. The smallest absolute Gasteiger partial charge is 0.150 e. The maximum absolute atomic E-state index is 10.7. The molecule has 1 saturated carbocycles. The Kier molecular flexibility index (Phi) is 4.81. The van der Waals surface area contributed by atoms with Crippen molar-refractivity contribution in [3.8, 4) is 5.75 Å². The van der Waals surface area contributed by atoms with Gasteiger partial charge in [0.05, 0.1) is 15.0 Å². The molecule has 1 aromatic carbocycles. The number of aldehydes is 1. The van der Waals surface area contributed by atoms with Crippen molar-refractivity contribution in [3.63, 3.8) is 0 Å². The lowest BCUT2D eigenvalue weighted by Gasteiger charge is -2.29. The average molecular weight is 378 g/mol. The summed E-state index contributed by atoms with van der Waals surface area (Å²) < 4.78 is 7.31. The van der Waals surface area contributed by atoms with Crippen LogP contribution in [0.3, 0.4) is 0 Å². The van der Waals surface area contributed by atoms with E-state index in [-0.39, 0.29) is 6.10 Å². The molecule has 18 heavy (non-hydrogen) atoms. The van der Waals surface area contributed by atoms with E-state index in [0.717, 1.165) is 40.9 Å². The maximum Gasteiger partial charge on any atom is 0.150 e. The van der Waals surface area contributed by atoms with Crippen LogP contribution in [0.15, 0.2) is 21.1 Å². The Morgan fingerprint density at radius 3 is 2.39 bits per heavy atom. The first-order chi connectivity index (χ1) is 8.61. The molecular formula is C13H14Br2O3. The minimum Gasteiger partial charge on any atom is -0.485 e. The molecule has 0 saturated heterocycles. The van der Waals surface area contributed by atoms with Crippen LogP contribution < -0.4 is 4.74 Å². The number of aliphatic hydroxyl groups excluding tert-OH is 1. The minimum absolute atomic E-state index is 0.173. The van der Waals surface area contributed by atoms with Crippen LogP contribution in [-0.4, -0.2) is 23.6 Å². The van der Waals surface area contributed by atoms with Gasteiger partial charge in [-0.2, -0.15) is 0 Å². The lowest BCUT2D eigenvalue weighted by Crippen LogP contribution is -2.34. The molecule has 2 rings (SSSR count). The topological polar surface area (TPSA) is 46.5 Å². The van der Waals surface area contributed by atoms with Crippen molar-refractivity contribution in [2.24, 2.45) is 0 Å². The molecule has 1 aliphatic rings. The molecule has 0 spiro atoms. The second kappa shape index (κ2) is 6.17. The van der Waals surface area contributed by atoms with Crippen molar-refractivity contribution in [3.05, 3.63) is 26.6 Å². The summed E-state index contributed by atoms with van der Waals surface area (Å²) in [6.45, 7) is 0. The van der Waals surface area contributed by atoms with E-state index in [1.165, 1.54) is 0 Å². The zero-order chi connectivity index (χ0) is 13.1. The van der Waals surface area contributed by atoms with Gasteiger partial charge in [-0.05, 0) is 63.3 Å². The summed E-state index contributed by atoms with van der Waals surface area (Å²) in [4.78, 5) is 10.7. The third kappa shape index (κ3) is 3.13. The fraction of sp³-hybridized carbons (Fsp3) is 0.462. The zero-order valence-electron chi connectivity index (χ0n) is 9.73. The number of halogens is 2. The van der Waals surface area contributed by atoms with Crippen molar-refractivity contribution in [2.75, 3.05) is 0 Å². The second-order valence-corrected chi connectivity index (χ2v) is 6.15. The fourth-order valence-electron chi connectivity index (χ4n) is 2.13. The van der Waals surface area contributed by atoms with Gasteiger partial charge in [-0.3, -0.25) is 4.79 Å². The highest BCUT2D eigenvalue weighted by molar-refractivity contribution is 9.11. The summed E-state index contributed by atoms with van der Waals surface area (Å²) in [6.07, 6.45) is 3.96. The van der Waals surface area contributed by atoms with Gasteiger partial charge in [0, 0.05) is 5.56 Å². The van der Waals surface area contributed by atoms with Crippen LogP contribution in [0.2, 0.25) is 0 Å². The molecule has 1 aliphatic carbocycles. The summed E-state index contributed by atoms with van der Waals surface area (Å²) in [6, 6.07) is 3.42. The first-order valence-electron chi connectivity index (χ1n) is 5.90. The van der Waals surface area contributed by atoms with E-state index in [0.29, 0.717) is 11.3 Å². The minimum atomic E-state index is -0.414. The van der Waals surface area contributed by atoms with E-state index in [4.69, 9.17) is 4.74 Å². The number of carbonyl (C=O) groups excluding carboxylic acids is 1. The van der Waals surface area contributed by atoms with Crippen LogP contribution in [-0.2, 0) is 0 Å². The number of hydrogen-bond donors (Lipinski definition) is 1. The van der Waals surface area contributed by atoms with Crippen LogP contribution in [0.25, 0.3) is 0 Å². The van der Waals surface area contributed by atoms with Gasteiger partial charge < -0.3 is 9.84 Å². The molecule has 2 atom stereocenters. The Morgan fingerprint density at radius 2 is 1.83 bits per heavy atom. The monoisotopic (exact) mass is 376 g/mol.